The molecule has 4 rings (SSSR count). The predicted octanol–water partition coefficient (Wildman–Crippen LogP) is 4.55. The number of nitrogens with zero attached hydrogens (tertiary/aromatic N) is 2. The molecule has 1 aromatic heterocycles. The van der Waals surface area contributed by atoms with Crippen molar-refractivity contribution in [2.24, 2.45) is 5.92 Å². The van der Waals surface area contributed by atoms with E-state index in [4.69, 9.17) is 9.47 Å². The fourth-order valence-corrected chi connectivity index (χ4v) is 5.75. The van der Waals surface area contributed by atoms with Crippen LogP contribution in [0.25, 0.3) is 10.2 Å². The molecule has 34 heavy (non-hydrogen) atoms. The van der Waals surface area contributed by atoms with E-state index < -0.39 is 5.97 Å². The number of rotatable bonds is 8. The minimum absolute atomic E-state index is 0.169. The van der Waals surface area contributed by atoms with Crippen molar-refractivity contribution in [2.75, 3.05) is 26.3 Å². The molecule has 3 aromatic rings. The van der Waals surface area contributed by atoms with Crippen molar-refractivity contribution >= 4 is 51.2 Å². The van der Waals surface area contributed by atoms with E-state index in [9.17, 15) is 14.4 Å². The molecule has 0 saturated carbocycles. The Morgan fingerprint density at radius 1 is 1.06 bits per heavy atom. The Hall–Kier alpha value is -2.91. The summed E-state index contributed by atoms with van der Waals surface area (Å²) in [4.78, 5) is 42.8. The number of hydrogen-bond donors (Lipinski definition) is 0. The number of carbonyl (C=O) groups excluding carboxylic acids is 3. The molecule has 1 aliphatic heterocycles. The molecule has 1 fully saturated rings. The first-order valence-corrected chi connectivity index (χ1v) is 13.0. The molecule has 0 spiro atoms. The molecule has 178 valence electrons. The summed E-state index contributed by atoms with van der Waals surface area (Å²) >= 11 is 3.33. The lowest BCUT2D eigenvalue weighted by molar-refractivity contribution is -0.151. The number of hydrogen-bond acceptors (Lipinski definition) is 8. The second kappa shape index (κ2) is 11.5. The number of aromatic nitrogens is 1. The van der Waals surface area contributed by atoms with Crippen LogP contribution in [0.1, 0.15) is 35.7 Å². The molecule has 7 nitrogen and oxygen atoms in total. The van der Waals surface area contributed by atoms with Gasteiger partial charge >= 0.3 is 11.9 Å². The Bertz CT molecular complexity index is 1120. The summed E-state index contributed by atoms with van der Waals surface area (Å²) in [6.45, 7) is 2.75. The van der Waals surface area contributed by atoms with Gasteiger partial charge in [0.1, 0.15) is 0 Å². The number of fused-ring (bicyclic) bond motifs is 1. The van der Waals surface area contributed by atoms with Crippen molar-refractivity contribution < 1.29 is 23.9 Å². The SMILES string of the molecule is CCOC(=O)C1CCN(C(=O)COC(=O)c2ccc(CSc3nc4ccccc4s3)cc2)CC1. The van der Waals surface area contributed by atoms with E-state index in [1.165, 1.54) is 4.70 Å². The maximum atomic E-state index is 12.4. The fraction of sp³-hybridized carbons (Fsp3) is 0.360. The average Bonchev–Trinajstić information content (AvgIpc) is 3.29. The summed E-state index contributed by atoms with van der Waals surface area (Å²) in [7, 11) is 0. The second-order valence-corrected chi connectivity index (χ2v) is 10.2. The fourth-order valence-electron chi connectivity index (χ4n) is 3.72. The molecule has 0 aliphatic carbocycles. The van der Waals surface area contributed by atoms with Gasteiger partial charge in [0.05, 0.1) is 28.3 Å². The first kappa shape index (κ1) is 24.2. The standard InChI is InChI=1S/C25H26N2O5S2/c1-2-31-23(29)19-11-13-27(14-12-19)22(28)15-32-24(30)18-9-7-17(8-10-18)16-33-25-26-20-5-3-4-6-21(20)34-25/h3-10,19H,2,11-16H2,1H3. The van der Waals surface area contributed by atoms with Crippen LogP contribution in [0.15, 0.2) is 52.9 Å². The number of likely N-dealkylation sites (tertiary alicyclic amines) is 1. The van der Waals surface area contributed by atoms with Crippen LogP contribution in [0, 0.1) is 5.92 Å². The number of piperidine rings is 1. The number of carbonyl (C=O) groups is 3. The van der Waals surface area contributed by atoms with Crippen molar-refractivity contribution in [3.8, 4) is 0 Å². The highest BCUT2D eigenvalue weighted by Crippen LogP contribution is 2.31. The van der Waals surface area contributed by atoms with Crippen LogP contribution < -0.4 is 0 Å². The zero-order valence-electron chi connectivity index (χ0n) is 18.9. The lowest BCUT2D eigenvalue weighted by atomic mass is 9.97. The number of esters is 2. The lowest BCUT2D eigenvalue weighted by Crippen LogP contribution is -2.42. The van der Waals surface area contributed by atoms with Crippen molar-refractivity contribution in [3.05, 3.63) is 59.7 Å². The smallest absolute Gasteiger partial charge is 0.338 e. The minimum Gasteiger partial charge on any atom is -0.466 e. The van der Waals surface area contributed by atoms with E-state index in [0.717, 1.165) is 21.2 Å². The molecule has 0 bridgehead atoms. The quantitative estimate of drug-likeness (QED) is 0.333. The van der Waals surface area contributed by atoms with Gasteiger partial charge in [-0.1, -0.05) is 36.0 Å². The third kappa shape index (κ3) is 6.15. The maximum Gasteiger partial charge on any atom is 0.338 e. The number of amides is 1. The Balaban J connectivity index is 1.21. The monoisotopic (exact) mass is 498 g/mol. The van der Waals surface area contributed by atoms with Crippen molar-refractivity contribution in [1.29, 1.82) is 0 Å². The lowest BCUT2D eigenvalue weighted by Gasteiger charge is -2.30. The normalized spacial score (nSPS) is 14.2. The molecule has 2 heterocycles. The molecule has 0 unspecified atom stereocenters. The van der Waals surface area contributed by atoms with Gasteiger partial charge in [-0.3, -0.25) is 9.59 Å². The van der Waals surface area contributed by atoms with Gasteiger partial charge in [-0.2, -0.15) is 0 Å². The van der Waals surface area contributed by atoms with Gasteiger partial charge < -0.3 is 14.4 Å². The number of para-hydroxylation sites is 1. The first-order valence-electron chi connectivity index (χ1n) is 11.2. The molecule has 1 aliphatic rings. The highest BCUT2D eigenvalue weighted by Gasteiger charge is 2.28. The van der Waals surface area contributed by atoms with Gasteiger partial charge in [-0.25, -0.2) is 9.78 Å². The number of thioether (sulfide) groups is 1. The Morgan fingerprint density at radius 2 is 1.79 bits per heavy atom. The van der Waals surface area contributed by atoms with Gasteiger partial charge in [0.25, 0.3) is 5.91 Å². The maximum absolute atomic E-state index is 12.4. The Kier molecular flexibility index (Phi) is 8.18. The topological polar surface area (TPSA) is 85.8 Å². The first-order chi connectivity index (χ1) is 16.5. The van der Waals surface area contributed by atoms with Crippen molar-refractivity contribution in [3.63, 3.8) is 0 Å². The van der Waals surface area contributed by atoms with Crippen molar-refractivity contribution in [2.45, 2.75) is 29.9 Å². The highest BCUT2D eigenvalue weighted by atomic mass is 32.2. The third-order valence-electron chi connectivity index (χ3n) is 5.62. The summed E-state index contributed by atoms with van der Waals surface area (Å²) in [6.07, 6.45) is 1.13. The zero-order valence-corrected chi connectivity index (χ0v) is 20.5. The summed E-state index contributed by atoms with van der Waals surface area (Å²) in [6, 6.07) is 15.3. The van der Waals surface area contributed by atoms with E-state index >= 15 is 0 Å². The molecule has 0 N–H and O–H groups in total. The number of ether oxygens (including phenoxy) is 2. The zero-order chi connectivity index (χ0) is 23.9. The molecular formula is C25H26N2O5S2. The summed E-state index contributed by atoms with van der Waals surface area (Å²) in [5.41, 5.74) is 2.48. The average molecular weight is 499 g/mol. The highest BCUT2D eigenvalue weighted by molar-refractivity contribution is 8.00. The second-order valence-electron chi connectivity index (χ2n) is 7.92. The third-order valence-corrected chi connectivity index (χ3v) is 7.87. The van der Waals surface area contributed by atoms with Gasteiger partial charge in [-0.05, 0) is 49.6 Å². The van der Waals surface area contributed by atoms with E-state index in [-0.39, 0.29) is 24.4 Å². The summed E-state index contributed by atoms with van der Waals surface area (Å²) < 4.78 is 12.4. The van der Waals surface area contributed by atoms with Crippen LogP contribution in [-0.2, 0) is 24.8 Å². The van der Waals surface area contributed by atoms with Gasteiger partial charge in [0.15, 0.2) is 10.9 Å². The van der Waals surface area contributed by atoms with Crippen LogP contribution in [0.2, 0.25) is 0 Å². The van der Waals surface area contributed by atoms with E-state index in [2.05, 4.69) is 11.1 Å². The van der Waals surface area contributed by atoms with Gasteiger partial charge in [-0.15, -0.1) is 11.3 Å². The predicted molar refractivity (Wildman–Crippen MR) is 132 cm³/mol. The van der Waals surface area contributed by atoms with Crippen LogP contribution in [0.4, 0.5) is 0 Å². The van der Waals surface area contributed by atoms with E-state index in [0.29, 0.717) is 38.1 Å². The molecule has 2 aromatic carbocycles. The molecule has 0 atom stereocenters. The van der Waals surface area contributed by atoms with Crippen LogP contribution >= 0.6 is 23.1 Å². The van der Waals surface area contributed by atoms with Crippen molar-refractivity contribution in [1.82, 2.24) is 9.88 Å². The number of benzene rings is 2. The molecule has 9 heteroatoms. The molecule has 1 saturated heterocycles. The summed E-state index contributed by atoms with van der Waals surface area (Å²) in [5, 5.41) is 0. The van der Waals surface area contributed by atoms with Gasteiger partial charge in [0.2, 0.25) is 0 Å². The molecular weight excluding hydrogens is 472 g/mol. The van der Waals surface area contributed by atoms with Crippen LogP contribution in [-0.4, -0.2) is 54.0 Å². The minimum atomic E-state index is -0.528. The molecule has 1 amide bonds. The largest absolute Gasteiger partial charge is 0.466 e. The Morgan fingerprint density at radius 3 is 2.50 bits per heavy atom. The molecule has 0 radical (unpaired) electrons. The van der Waals surface area contributed by atoms with Crippen LogP contribution in [0.3, 0.4) is 0 Å². The van der Waals surface area contributed by atoms with Gasteiger partial charge in [0, 0.05) is 18.8 Å². The summed E-state index contributed by atoms with van der Waals surface area (Å²) in [5.74, 6) is -0.407. The Labute approximate surface area is 206 Å². The van der Waals surface area contributed by atoms with E-state index in [1.54, 1.807) is 47.1 Å². The number of thiazole rings is 1. The van der Waals surface area contributed by atoms with E-state index in [1.807, 2.05) is 30.3 Å². The van der Waals surface area contributed by atoms with Crippen LogP contribution in [0.5, 0.6) is 0 Å².